The molecular formula is C11H17FN2. The Kier molecular flexibility index (Phi) is 2.92. The molecule has 14 heavy (non-hydrogen) atoms. The van der Waals surface area contributed by atoms with Gasteiger partial charge in [0.2, 0.25) is 0 Å². The summed E-state index contributed by atoms with van der Waals surface area (Å²) in [7, 11) is 0. The first kappa shape index (κ1) is 11.1. The van der Waals surface area contributed by atoms with Crippen molar-refractivity contribution < 1.29 is 4.39 Å². The summed E-state index contributed by atoms with van der Waals surface area (Å²) in [6.45, 7) is 5.37. The largest absolute Gasteiger partial charge is 0.324 e. The van der Waals surface area contributed by atoms with Crippen molar-refractivity contribution in [2.75, 3.05) is 0 Å². The minimum Gasteiger partial charge on any atom is -0.324 e. The molecule has 0 fully saturated rings. The van der Waals surface area contributed by atoms with E-state index in [-0.39, 0.29) is 11.9 Å². The van der Waals surface area contributed by atoms with Gasteiger partial charge in [-0.3, -0.25) is 0 Å². The fourth-order valence-corrected chi connectivity index (χ4v) is 1.34. The number of nitrogens with two attached hydrogens (primary N) is 2. The number of benzene rings is 1. The first-order valence-corrected chi connectivity index (χ1v) is 4.67. The van der Waals surface area contributed by atoms with Crippen LogP contribution >= 0.6 is 0 Å². The highest BCUT2D eigenvalue weighted by Gasteiger charge is 2.19. The molecule has 0 aliphatic heterocycles. The third-order valence-electron chi connectivity index (χ3n) is 2.21. The van der Waals surface area contributed by atoms with E-state index in [0.717, 1.165) is 5.56 Å². The maximum absolute atomic E-state index is 13.6. The average Bonchev–Trinajstić information content (AvgIpc) is 2.01. The zero-order chi connectivity index (χ0) is 10.9. The van der Waals surface area contributed by atoms with Gasteiger partial charge < -0.3 is 11.5 Å². The first-order chi connectivity index (χ1) is 6.32. The fourth-order valence-electron chi connectivity index (χ4n) is 1.34. The second-order valence-electron chi connectivity index (χ2n) is 4.25. The van der Waals surface area contributed by atoms with E-state index in [1.807, 2.05) is 13.0 Å². The van der Waals surface area contributed by atoms with Crippen LogP contribution in [0.2, 0.25) is 0 Å². The predicted octanol–water partition coefficient (Wildman–Crippen LogP) is 2.04. The Hall–Kier alpha value is -0.930. The third-order valence-corrected chi connectivity index (χ3v) is 2.21. The van der Waals surface area contributed by atoms with Gasteiger partial charge in [-0.1, -0.05) is 12.1 Å². The maximum Gasteiger partial charge on any atom is 0.128 e. The summed E-state index contributed by atoms with van der Waals surface area (Å²) in [5, 5.41) is 0. The summed E-state index contributed by atoms with van der Waals surface area (Å²) < 4.78 is 13.6. The summed E-state index contributed by atoms with van der Waals surface area (Å²) >= 11 is 0. The molecular weight excluding hydrogens is 179 g/mol. The lowest BCUT2D eigenvalue weighted by Crippen LogP contribution is -2.30. The zero-order valence-corrected chi connectivity index (χ0v) is 8.84. The Morgan fingerprint density at radius 1 is 1.36 bits per heavy atom. The van der Waals surface area contributed by atoms with E-state index in [1.165, 1.54) is 6.07 Å². The Morgan fingerprint density at radius 2 is 1.93 bits per heavy atom. The van der Waals surface area contributed by atoms with Gasteiger partial charge in [0.05, 0.1) is 0 Å². The molecule has 0 heterocycles. The molecule has 4 N–H and O–H groups in total. The molecule has 1 aromatic carbocycles. The third kappa shape index (κ3) is 2.30. The molecule has 0 radical (unpaired) electrons. The topological polar surface area (TPSA) is 52.0 Å². The van der Waals surface area contributed by atoms with Gasteiger partial charge >= 0.3 is 0 Å². The van der Waals surface area contributed by atoms with Gasteiger partial charge in [0.25, 0.3) is 0 Å². The molecule has 1 aromatic rings. The van der Waals surface area contributed by atoms with Crippen LogP contribution in [0.1, 0.15) is 37.9 Å². The molecule has 1 rings (SSSR count). The Bertz CT molecular complexity index is 327. The van der Waals surface area contributed by atoms with Crippen LogP contribution in [0, 0.1) is 5.82 Å². The van der Waals surface area contributed by atoms with Gasteiger partial charge in [-0.15, -0.1) is 0 Å². The first-order valence-electron chi connectivity index (χ1n) is 4.67. The Morgan fingerprint density at radius 3 is 2.29 bits per heavy atom. The van der Waals surface area contributed by atoms with Crippen molar-refractivity contribution in [2.24, 2.45) is 11.5 Å². The van der Waals surface area contributed by atoms with Crippen molar-refractivity contribution >= 4 is 0 Å². The Labute approximate surface area is 84.1 Å². The van der Waals surface area contributed by atoms with Crippen LogP contribution in [-0.4, -0.2) is 0 Å². The second kappa shape index (κ2) is 3.67. The van der Waals surface area contributed by atoms with Crippen LogP contribution in [0.4, 0.5) is 4.39 Å². The molecule has 0 bridgehead atoms. The van der Waals surface area contributed by atoms with Gasteiger partial charge in [0, 0.05) is 17.1 Å². The van der Waals surface area contributed by atoms with E-state index in [1.54, 1.807) is 19.9 Å². The van der Waals surface area contributed by atoms with Crippen molar-refractivity contribution in [3.63, 3.8) is 0 Å². The standard InChI is InChI=1S/C11H17FN2/c1-7(13)8-4-5-9(10(12)6-8)11(2,3)14/h4-7H,13-14H2,1-3H3. The van der Waals surface area contributed by atoms with Crippen molar-refractivity contribution in [1.29, 1.82) is 0 Å². The highest BCUT2D eigenvalue weighted by molar-refractivity contribution is 5.30. The van der Waals surface area contributed by atoms with Gasteiger partial charge in [-0.05, 0) is 32.4 Å². The average molecular weight is 196 g/mol. The lowest BCUT2D eigenvalue weighted by molar-refractivity contribution is 0.500. The van der Waals surface area contributed by atoms with Crippen LogP contribution in [0.25, 0.3) is 0 Å². The number of halogens is 1. The molecule has 1 unspecified atom stereocenters. The molecule has 2 nitrogen and oxygen atoms in total. The summed E-state index contributed by atoms with van der Waals surface area (Å²) in [6.07, 6.45) is 0. The molecule has 0 saturated carbocycles. The number of hydrogen-bond acceptors (Lipinski definition) is 2. The molecule has 3 heteroatoms. The second-order valence-corrected chi connectivity index (χ2v) is 4.25. The molecule has 0 aliphatic carbocycles. The monoisotopic (exact) mass is 196 g/mol. The lowest BCUT2D eigenvalue weighted by Gasteiger charge is -2.20. The van der Waals surface area contributed by atoms with Crippen molar-refractivity contribution in [3.05, 3.63) is 35.1 Å². The lowest BCUT2D eigenvalue weighted by atomic mass is 9.93. The zero-order valence-electron chi connectivity index (χ0n) is 8.84. The van der Waals surface area contributed by atoms with E-state index in [0.29, 0.717) is 5.56 Å². The quantitative estimate of drug-likeness (QED) is 0.760. The number of rotatable bonds is 2. The maximum atomic E-state index is 13.6. The van der Waals surface area contributed by atoms with Crippen molar-refractivity contribution in [3.8, 4) is 0 Å². The van der Waals surface area contributed by atoms with Crippen LogP contribution < -0.4 is 11.5 Å². The summed E-state index contributed by atoms with van der Waals surface area (Å²) in [5.41, 5.74) is 12.1. The van der Waals surface area contributed by atoms with Gasteiger partial charge in [-0.2, -0.15) is 0 Å². The van der Waals surface area contributed by atoms with E-state index < -0.39 is 5.54 Å². The minimum absolute atomic E-state index is 0.153. The van der Waals surface area contributed by atoms with E-state index in [2.05, 4.69) is 0 Å². The molecule has 1 atom stereocenters. The molecule has 0 spiro atoms. The molecule has 0 aromatic heterocycles. The SMILES string of the molecule is CC(N)c1ccc(C(C)(C)N)c(F)c1. The van der Waals surface area contributed by atoms with Gasteiger partial charge in [-0.25, -0.2) is 4.39 Å². The smallest absolute Gasteiger partial charge is 0.128 e. The van der Waals surface area contributed by atoms with Crippen molar-refractivity contribution in [2.45, 2.75) is 32.4 Å². The predicted molar refractivity (Wildman–Crippen MR) is 56.2 cm³/mol. The minimum atomic E-state index is -0.652. The van der Waals surface area contributed by atoms with Crippen LogP contribution in [0.3, 0.4) is 0 Å². The highest BCUT2D eigenvalue weighted by atomic mass is 19.1. The normalized spacial score (nSPS) is 14.1. The highest BCUT2D eigenvalue weighted by Crippen LogP contribution is 2.22. The van der Waals surface area contributed by atoms with E-state index in [9.17, 15) is 4.39 Å². The molecule has 0 amide bonds. The number of hydrogen-bond donors (Lipinski definition) is 2. The van der Waals surface area contributed by atoms with Gasteiger partial charge in [0.1, 0.15) is 5.82 Å². The summed E-state index contributed by atoms with van der Waals surface area (Å²) in [6, 6.07) is 4.82. The van der Waals surface area contributed by atoms with Gasteiger partial charge in [0.15, 0.2) is 0 Å². The van der Waals surface area contributed by atoms with Crippen LogP contribution in [-0.2, 0) is 5.54 Å². The summed E-state index contributed by atoms with van der Waals surface area (Å²) in [4.78, 5) is 0. The van der Waals surface area contributed by atoms with E-state index >= 15 is 0 Å². The van der Waals surface area contributed by atoms with E-state index in [4.69, 9.17) is 11.5 Å². The summed E-state index contributed by atoms with van der Waals surface area (Å²) in [5.74, 6) is -0.285. The molecule has 0 saturated heterocycles. The Balaban J connectivity index is 3.15. The fraction of sp³-hybridized carbons (Fsp3) is 0.455. The van der Waals surface area contributed by atoms with Crippen LogP contribution in [0.5, 0.6) is 0 Å². The van der Waals surface area contributed by atoms with Crippen molar-refractivity contribution in [1.82, 2.24) is 0 Å². The molecule has 0 aliphatic rings. The molecule has 78 valence electrons. The van der Waals surface area contributed by atoms with Crippen LogP contribution in [0.15, 0.2) is 18.2 Å².